The molecule has 0 saturated heterocycles. The zero-order valence-electron chi connectivity index (χ0n) is 9.16. The lowest BCUT2D eigenvalue weighted by atomic mass is 10.0. The molecule has 0 spiro atoms. The number of nitrogens with one attached hydrogen (secondary N) is 2. The van der Waals surface area contributed by atoms with E-state index in [-0.39, 0.29) is 0 Å². The number of carbonyl (C=O) groups is 1. The van der Waals surface area contributed by atoms with Crippen LogP contribution in [0.3, 0.4) is 0 Å². The van der Waals surface area contributed by atoms with Crippen LogP contribution in [0, 0.1) is 5.41 Å². The first-order valence-corrected chi connectivity index (χ1v) is 4.66. The van der Waals surface area contributed by atoms with Gasteiger partial charge >= 0.3 is 0 Å². The molecular formula is C11H15N3O. The molecule has 1 amide bonds. The quantitative estimate of drug-likeness (QED) is 0.676. The van der Waals surface area contributed by atoms with Crippen molar-refractivity contribution in [3.8, 4) is 0 Å². The third kappa shape index (κ3) is 2.34. The number of hydrogen-bond acceptors (Lipinski definition) is 3. The predicted molar refractivity (Wildman–Crippen MR) is 60.5 cm³/mol. The van der Waals surface area contributed by atoms with Crippen LogP contribution in [0.5, 0.6) is 0 Å². The summed E-state index contributed by atoms with van der Waals surface area (Å²) < 4.78 is 0. The summed E-state index contributed by atoms with van der Waals surface area (Å²) in [6.07, 6.45) is 6.02. The molecule has 0 saturated carbocycles. The van der Waals surface area contributed by atoms with Crippen molar-refractivity contribution in [3.05, 3.63) is 35.2 Å². The molecule has 0 aromatic heterocycles. The lowest BCUT2D eigenvalue weighted by molar-refractivity contribution is -0.108. The van der Waals surface area contributed by atoms with Crippen LogP contribution < -0.4 is 5.32 Å². The van der Waals surface area contributed by atoms with E-state index in [4.69, 9.17) is 5.41 Å². The van der Waals surface area contributed by atoms with Gasteiger partial charge in [-0.05, 0) is 24.6 Å². The Morgan fingerprint density at radius 2 is 2.07 bits per heavy atom. The maximum Gasteiger partial charge on any atom is 0.211 e. The second-order valence-electron chi connectivity index (χ2n) is 3.40. The Hall–Kier alpha value is -1.84. The smallest absolute Gasteiger partial charge is 0.211 e. The third-order valence-corrected chi connectivity index (χ3v) is 2.18. The summed E-state index contributed by atoms with van der Waals surface area (Å²) in [7, 11) is 3.75. The number of hydrogen-bond donors (Lipinski definition) is 2. The molecule has 0 heterocycles. The van der Waals surface area contributed by atoms with E-state index in [9.17, 15) is 4.79 Å². The Morgan fingerprint density at radius 1 is 1.40 bits per heavy atom. The lowest BCUT2D eigenvalue weighted by Crippen LogP contribution is -2.25. The van der Waals surface area contributed by atoms with E-state index >= 15 is 0 Å². The summed E-state index contributed by atoms with van der Waals surface area (Å²) in [6, 6.07) is 0. The third-order valence-electron chi connectivity index (χ3n) is 2.18. The van der Waals surface area contributed by atoms with E-state index in [1.54, 1.807) is 12.2 Å². The standard InChI is InChI=1S/C11H15N3O/c1-4-8-5-10(13-7-15)11(14(2)3)6-9(8)12/h4-7,12H,1-3H3,(H,13,15)/b8-4-,12-9?. The molecule has 80 valence electrons. The topological polar surface area (TPSA) is 56.2 Å². The largest absolute Gasteiger partial charge is 0.376 e. The number of carbonyl (C=O) groups excluding carboxylic acids is 1. The van der Waals surface area contributed by atoms with Crippen molar-refractivity contribution in [2.75, 3.05) is 14.1 Å². The minimum atomic E-state index is 0.456. The van der Waals surface area contributed by atoms with E-state index in [1.807, 2.05) is 32.0 Å². The number of amides is 1. The van der Waals surface area contributed by atoms with Gasteiger partial charge in [-0.25, -0.2) is 0 Å². The highest BCUT2D eigenvalue weighted by atomic mass is 16.1. The summed E-state index contributed by atoms with van der Waals surface area (Å²) >= 11 is 0. The van der Waals surface area contributed by atoms with E-state index < -0.39 is 0 Å². The van der Waals surface area contributed by atoms with Gasteiger partial charge in [-0.15, -0.1) is 0 Å². The van der Waals surface area contributed by atoms with Crippen LogP contribution in [0.2, 0.25) is 0 Å². The van der Waals surface area contributed by atoms with E-state index in [0.717, 1.165) is 17.0 Å². The molecule has 15 heavy (non-hydrogen) atoms. The summed E-state index contributed by atoms with van der Waals surface area (Å²) in [5.74, 6) is 0. The van der Waals surface area contributed by atoms with Crippen LogP contribution in [0.4, 0.5) is 0 Å². The fourth-order valence-electron chi connectivity index (χ4n) is 1.39. The normalized spacial score (nSPS) is 18.3. The molecule has 4 nitrogen and oxygen atoms in total. The number of likely N-dealkylation sites (N-methyl/N-ethyl adjacent to an activating group) is 1. The highest BCUT2D eigenvalue weighted by Gasteiger charge is 2.15. The molecule has 1 aliphatic carbocycles. The molecule has 0 bridgehead atoms. The van der Waals surface area contributed by atoms with Crippen molar-refractivity contribution in [2.45, 2.75) is 6.92 Å². The fraction of sp³-hybridized carbons (Fsp3) is 0.273. The van der Waals surface area contributed by atoms with Gasteiger partial charge < -0.3 is 15.6 Å². The van der Waals surface area contributed by atoms with Crippen LogP contribution in [0.25, 0.3) is 0 Å². The second kappa shape index (κ2) is 4.59. The molecule has 0 radical (unpaired) electrons. The molecule has 0 aromatic rings. The average Bonchev–Trinajstić information content (AvgIpc) is 2.20. The first-order valence-electron chi connectivity index (χ1n) is 4.66. The number of allylic oxidation sites excluding steroid dienone is 4. The van der Waals surface area contributed by atoms with Gasteiger partial charge in [0, 0.05) is 14.1 Å². The Kier molecular flexibility index (Phi) is 3.44. The van der Waals surface area contributed by atoms with E-state index in [1.165, 1.54) is 0 Å². The highest BCUT2D eigenvalue weighted by Crippen LogP contribution is 2.19. The summed E-state index contributed by atoms with van der Waals surface area (Å²) in [5.41, 5.74) is 2.82. The molecular weight excluding hydrogens is 190 g/mol. The average molecular weight is 205 g/mol. The Bertz CT molecular complexity index is 375. The summed E-state index contributed by atoms with van der Waals surface area (Å²) in [5, 5.41) is 10.4. The summed E-state index contributed by atoms with van der Waals surface area (Å²) in [6.45, 7) is 1.87. The van der Waals surface area contributed by atoms with Gasteiger partial charge in [-0.1, -0.05) is 6.08 Å². The first kappa shape index (κ1) is 11.2. The molecule has 0 atom stereocenters. The molecule has 1 rings (SSSR count). The van der Waals surface area contributed by atoms with Crippen LogP contribution in [-0.2, 0) is 4.79 Å². The van der Waals surface area contributed by atoms with Gasteiger partial charge in [0.05, 0.1) is 17.1 Å². The van der Waals surface area contributed by atoms with Crippen molar-refractivity contribution in [1.82, 2.24) is 10.2 Å². The minimum Gasteiger partial charge on any atom is -0.376 e. The van der Waals surface area contributed by atoms with Crippen LogP contribution in [0.15, 0.2) is 35.2 Å². The van der Waals surface area contributed by atoms with Gasteiger partial charge in [-0.3, -0.25) is 4.79 Å². The number of nitrogens with zero attached hydrogens (tertiary/aromatic N) is 1. The Balaban J connectivity index is 3.12. The van der Waals surface area contributed by atoms with Gasteiger partial charge in [0.25, 0.3) is 0 Å². The highest BCUT2D eigenvalue weighted by molar-refractivity contribution is 6.10. The first-order chi connectivity index (χ1) is 7.10. The van der Waals surface area contributed by atoms with Crippen molar-refractivity contribution >= 4 is 12.1 Å². The molecule has 0 aromatic carbocycles. The summed E-state index contributed by atoms with van der Waals surface area (Å²) in [4.78, 5) is 12.3. The maximum absolute atomic E-state index is 10.4. The zero-order chi connectivity index (χ0) is 11.4. The van der Waals surface area contributed by atoms with Crippen LogP contribution >= 0.6 is 0 Å². The van der Waals surface area contributed by atoms with Crippen molar-refractivity contribution in [2.24, 2.45) is 0 Å². The van der Waals surface area contributed by atoms with Crippen molar-refractivity contribution in [1.29, 1.82) is 5.41 Å². The van der Waals surface area contributed by atoms with Crippen molar-refractivity contribution in [3.63, 3.8) is 0 Å². The second-order valence-corrected chi connectivity index (χ2v) is 3.40. The van der Waals surface area contributed by atoms with Crippen LogP contribution in [-0.4, -0.2) is 31.1 Å². The van der Waals surface area contributed by atoms with Crippen molar-refractivity contribution < 1.29 is 4.79 Å². The van der Waals surface area contributed by atoms with E-state index in [2.05, 4.69) is 5.32 Å². The van der Waals surface area contributed by atoms with Gasteiger partial charge in [0.15, 0.2) is 0 Å². The van der Waals surface area contributed by atoms with E-state index in [0.29, 0.717) is 12.1 Å². The molecule has 1 aliphatic rings. The lowest BCUT2D eigenvalue weighted by Gasteiger charge is -2.23. The predicted octanol–water partition coefficient (Wildman–Crippen LogP) is 1.04. The number of rotatable bonds is 3. The molecule has 4 heteroatoms. The zero-order valence-corrected chi connectivity index (χ0v) is 9.16. The van der Waals surface area contributed by atoms with Gasteiger partial charge in [-0.2, -0.15) is 0 Å². The SMILES string of the molecule is C/C=C1/C=C(NC=O)C(N(C)C)=CC1=N. The minimum absolute atomic E-state index is 0.456. The van der Waals surface area contributed by atoms with Crippen LogP contribution in [0.1, 0.15) is 6.92 Å². The Morgan fingerprint density at radius 3 is 2.53 bits per heavy atom. The van der Waals surface area contributed by atoms with Gasteiger partial charge in [0.1, 0.15) is 0 Å². The molecule has 2 N–H and O–H groups in total. The molecule has 0 aliphatic heterocycles. The fourth-order valence-corrected chi connectivity index (χ4v) is 1.39. The monoisotopic (exact) mass is 205 g/mol. The Labute approximate surface area is 89.5 Å². The van der Waals surface area contributed by atoms with Gasteiger partial charge in [0.2, 0.25) is 6.41 Å². The molecule has 0 unspecified atom stereocenters. The molecule has 0 fully saturated rings. The maximum atomic E-state index is 10.4.